The average molecular weight is 628 g/mol. The van der Waals surface area contributed by atoms with Gasteiger partial charge in [0.05, 0.1) is 24.3 Å². The third-order valence-corrected chi connectivity index (χ3v) is 9.40. The summed E-state index contributed by atoms with van der Waals surface area (Å²) in [6, 6.07) is 19.4. The van der Waals surface area contributed by atoms with E-state index in [1.165, 1.54) is 28.8 Å². The molecule has 0 saturated heterocycles. The number of hydrogen-bond acceptors (Lipinski definition) is 7. The summed E-state index contributed by atoms with van der Waals surface area (Å²) >= 11 is 1.50. The van der Waals surface area contributed by atoms with E-state index in [9.17, 15) is 18.0 Å². The molecule has 9 nitrogen and oxygen atoms in total. The lowest BCUT2D eigenvalue weighted by molar-refractivity contribution is -0.139. The summed E-state index contributed by atoms with van der Waals surface area (Å²) in [5.41, 5.74) is 1.07. The minimum absolute atomic E-state index is 0.0547. The van der Waals surface area contributed by atoms with Gasteiger partial charge in [0.1, 0.15) is 24.1 Å². The van der Waals surface area contributed by atoms with Gasteiger partial charge in [-0.25, -0.2) is 8.42 Å². The quantitative estimate of drug-likeness (QED) is 0.169. The molecule has 0 heterocycles. The van der Waals surface area contributed by atoms with Crippen LogP contribution in [0.3, 0.4) is 0 Å². The Kier molecular flexibility index (Phi) is 12.8. The highest BCUT2D eigenvalue weighted by atomic mass is 32.2. The van der Waals surface area contributed by atoms with Crippen LogP contribution >= 0.6 is 11.8 Å². The van der Waals surface area contributed by atoms with Crippen LogP contribution in [0.25, 0.3) is 0 Å². The lowest BCUT2D eigenvalue weighted by Gasteiger charge is -2.32. The molecule has 0 saturated carbocycles. The summed E-state index contributed by atoms with van der Waals surface area (Å²) in [6.07, 6.45) is 3.63. The van der Waals surface area contributed by atoms with Gasteiger partial charge in [-0.2, -0.15) is 0 Å². The third kappa shape index (κ3) is 9.14. The molecule has 0 unspecified atom stereocenters. The monoisotopic (exact) mass is 627 g/mol. The number of carbonyl (C=O) groups is 2. The topological polar surface area (TPSA) is 105 Å². The van der Waals surface area contributed by atoms with Gasteiger partial charge in [0.15, 0.2) is 0 Å². The molecule has 232 valence electrons. The zero-order valence-corrected chi connectivity index (χ0v) is 27.0. The second-order valence-electron chi connectivity index (χ2n) is 9.80. The number of benzene rings is 3. The molecule has 3 aromatic rings. The predicted molar refractivity (Wildman–Crippen MR) is 171 cm³/mol. The van der Waals surface area contributed by atoms with Crippen molar-refractivity contribution in [2.24, 2.45) is 0 Å². The van der Waals surface area contributed by atoms with E-state index < -0.39 is 28.5 Å². The molecule has 1 atom stereocenters. The van der Waals surface area contributed by atoms with Crippen molar-refractivity contribution in [1.82, 2.24) is 10.2 Å². The number of anilines is 1. The number of hydrogen-bond donors (Lipinski definition) is 1. The maximum absolute atomic E-state index is 14.1. The van der Waals surface area contributed by atoms with Crippen molar-refractivity contribution in [3.8, 4) is 11.5 Å². The number of carbonyl (C=O) groups excluding carboxylic acids is 2. The summed E-state index contributed by atoms with van der Waals surface area (Å²) in [5, 5.41) is 2.89. The second kappa shape index (κ2) is 16.2. The van der Waals surface area contributed by atoms with Crippen LogP contribution in [0.2, 0.25) is 0 Å². The first-order valence-electron chi connectivity index (χ1n) is 14.2. The molecule has 0 bridgehead atoms. The Bertz CT molecular complexity index is 1430. The van der Waals surface area contributed by atoms with Crippen LogP contribution in [-0.4, -0.2) is 64.2 Å². The molecule has 0 spiro atoms. The van der Waals surface area contributed by atoms with Crippen LogP contribution < -0.4 is 19.1 Å². The van der Waals surface area contributed by atoms with Crippen molar-refractivity contribution in [3.05, 3.63) is 78.4 Å². The van der Waals surface area contributed by atoms with Crippen molar-refractivity contribution in [1.29, 1.82) is 0 Å². The molecule has 0 radical (unpaired) electrons. The van der Waals surface area contributed by atoms with Crippen molar-refractivity contribution in [2.75, 3.05) is 37.4 Å². The van der Waals surface area contributed by atoms with Crippen LogP contribution in [0.4, 0.5) is 5.69 Å². The summed E-state index contributed by atoms with van der Waals surface area (Å²) in [4.78, 5) is 29.6. The van der Waals surface area contributed by atoms with Crippen molar-refractivity contribution in [3.63, 3.8) is 0 Å². The fourth-order valence-electron chi connectivity index (χ4n) is 4.33. The smallest absolute Gasteiger partial charge is 0.264 e. The van der Waals surface area contributed by atoms with Crippen molar-refractivity contribution < 1.29 is 27.5 Å². The average Bonchev–Trinajstić information content (AvgIpc) is 3.03. The predicted octanol–water partition coefficient (Wildman–Crippen LogP) is 5.34. The first-order valence-corrected chi connectivity index (χ1v) is 16.9. The minimum Gasteiger partial charge on any atom is -0.497 e. The Balaban J connectivity index is 2.00. The molecular weight excluding hydrogens is 587 g/mol. The normalized spacial score (nSPS) is 11.8. The van der Waals surface area contributed by atoms with Gasteiger partial charge in [-0.05, 0) is 92.8 Å². The summed E-state index contributed by atoms with van der Waals surface area (Å²) in [7, 11) is -2.59. The van der Waals surface area contributed by atoms with Crippen LogP contribution in [-0.2, 0) is 26.2 Å². The Hall–Kier alpha value is -3.70. The van der Waals surface area contributed by atoms with Gasteiger partial charge in [-0.3, -0.25) is 13.9 Å². The Labute approximate surface area is 259 Å². The molecule has 0 fully saturated rings. The number of thioether (sulfide) groups is 1. The van der Waals surface area contributed by atoms with Gasteiger partial charge >= 0.3 is 0 Å². The molecule has 3 aromatic carbocycles. The van der Waals surface area contributed by atoms with E-state index in [2.05, 4.69) is 5.32 Å². The zero-order chi connectivity index (χ0) is 31.4. The fraction of sp³-hybridized carbons (Fsp3) is 0.375. The van der Waals surface area contributed by atoms with Gasteiger partial charge in [-0.15, -0.1) is 11.8 Å². The molecule has 43 heavy (non-hydrogen) atoms. The highest BCUT2D eigenvalue weighted by Crippen LogP contribution is 2.28. The number of rotatable bonds is 16. The highest BCUT2D eigenvalue weighted by molar-refractivity contribution is 7.98. The zero-order valence-electron chi connectivity index (χ0n) is 25.4. The van der Waals surface area contributed by atoms with E-state index in [4.69, 9.17) is 9.47 Å². The maximum atomic E-state index is 14.1. The van der Waals surface area contributed by atoms with Gasteiger partial charge in [0.25, 0.3) is 10.0 Å². The first-order chi connectivity index (χ1) is 20.6. The minimum atomic E-state index is -4.16. The number of sulfonamides is 1. The molecule has 0 aliphatic rings. The summed E-state index contributed by atoms with van der Waals surface area (Å²) in [6.45, 7) is 6.08. The van der Waals surface area contributed by atoms with Crippen molar-refractivity contribution >= 4 is 39.3 Å². The van der Waals surface area contributed by atoms with Crippen LogP contribution in [0.1, 0.15) is 39.2 Å². The van der Waals surface area contributed by atoms with E-state index in [1.807, 2.05) is 32.2 Å². The van der Waals surface area contributed by atoms with Crippen LogP contribution in [0.5, 0.6) is 11.5 Å². The van der Waals surface area contributed by atoms with E-state index in [0.29, 0.717) is 30.3 Å². The maximum Gasteiger partial charge on any atom is 0.264 e. The molecule has 11 heteroatoms. The standard InChI is InChI=1S/C32H41N3O6S2/c1-6-8-21-33-32(37)24(3)34(22-25-9-13-27(40-4)14-10-25)31(36)23-35(26-11-15-28(16-12-26)41-7-2)43(38,39)30-19-17-29(42-5)18-20-30/h9-20,24H,6-8,21-23H2,1-5H3,(H,33,37)/t24-/m1/s1. The number of unbranched alkanes of at least 4 members (excludes halogenated alkanes) is 1. The van der Waals surface area contributed by atoms with Crippen LogP contribution in [0, 0.1) is 0 Å². The molecular formula is C32H41N3O6S2. The van der Waals surface area contributed by atoms with Gasteiger partial charge in [0.2, 0.25) is 11.8 Å². The molecule has 0 aromatic heterocycles. The lowest BCUT2D eigenvalue weighted by atomic mass is 10.1. The Morgan fingerprint density at radius 3 is 2.12 bits per heavy atom. The van der Waals surface area contributed by atoms with Gasteiger partial charge in [0, 0.05) is 18.0 Å². The van der Waals surface area contributed by atoms with Gasteiger partial charge in [-0.1, -0.05) is 25.5 Å². The van der Waals surface area contributed by atoms with E-state index in [0.717, 1.165) is 27.6 Å². The van der Waals surface area contributed by atoms with Gasteiger partial charge < -0.3 is 19.7 Å². The first kappa shape index (κ1) is 33.8. The van der Waals surface area contributed by atoms with E-state index in [-0.39, 0.29) is 17.3 Å². The van der Waals surface area contributed by atoms with E-state index in [1.54, 1.807) is 62.6 Å². The molecule has 2 amide bonds. The molecule has 3 rings (SSSR count). The number of nitrogens with one attached hydrogen (secondary N) is 1. The third-order valence-electron chi connectivity index (χ3n) is 6.87. The van der Waals surface area contributed by atoms with E-state index >= 15 is 0 Å². The summed E-state index contributed by atoms with van der Waals surface area (Å²) < 4.78 is 39.9. The number of amides is 2. The Morgan fingerprint density at radius 2 is 1.56 bits per heavy atom. The lowest BCUT2D eigenvalue weighted by Crippen LogP contribution is -2.51. The largest absolute Gasteiger partial charge is 0.497 e. The second-order valence-corrected chi connectivity index (χ2v) is 12.5. The SMILES string of the molecule is CCCCNC(=O)[C@@H](C)N(Cc1ccc(OC)cc1)C(=O)CN(c1ccc(OCC)cc1)S(=O)(=O)c1ccc(SC)cc1. The number of methoxy groups -OCH3 is 1. The molecule has 1 N–H and O–H groups in total. The molecule has 0 aliphatic heterocycles. The van der Waals surface area contributed by atoms with Crippen molar-refractivity contribution in [2.45, 2.75) is 56.0 Å². The fourth-order valence-corrected chi connectivity index (χ4v) is 6.15. The highest BCUT2D eigenvalue weighted by Gasteiger charge is 2.32. The number of ether oxygens (including phenoxy) is 2. The van der Waals surface area contributed by atoms with Crippen LogP contribution in [0.15, 0.2) is 82.6 Å². The Morgan fingerprint density at radius 1 is 0.930 bits per heavy atom. The summed E-state index contributed by atoms with van der Waals surface area (Å²) in [5.74, 6) is 0.413. The number of nitrogens with zero attached hydrogens (tertiary/aromatic N) is 2. The molecule has 0 aliphatic carbocycles.